The first-order valence-electron chi connectivity index (χ1n) is 5.90. The lowest BCUT2D eigenvalue weighted by Crippen LogP contribution is -2.37. The van der Waals surface area contributed by atoms with Crippen molar-refractivity contribution in [3.63, 3.8) is 0 Å². The summed E-state index contributed by atoms with van der Waals surface area (Å²) in [6.45, 7) is 1.15. The number of nitrogens with zero attached hydrogens (tertiary/aromatic N) is 1. The molecule has 88 valence electrons. The van der Waals surface area contributed by atoms with Crippen LogP contribution in [0.15, 0.2) is 28.7 Å². The third kappa shape index (κ3) is 2.65. The fourth-order valence-electron chi connectivity index (χ4n) is 2.53. The molecular weight excluding hydrogens is 264 g/mol. The molecular formula is C13H19BrN2. The number of rotatable bonds is 1. The van der Waals surface area contributed by atoms with E-state index in [0.717, 1.165) is 17.4 Å². The predicted octanol–water partition coefficient (Wildman–Crippen LogP) is 2.93. The third-order valence-corrected chi connectivity index (χ3v) is 3.92. The monoisotopic (exact) mass is 282 g/mol. The van der Waals surface area contributed by atoms with Crippen molar-refractivity contribution in [3.8, 4) is 0 Å². The summed E-state index contributed by atoms with van der Waals surface area (Å²) < 4.78 is 1.13. The Hall–Kier alpha value is -0.380. The van der Waals surface area contributed by atoms with E-state index in [1.807, 2.05) is 0 Å². The zero-order valence-corrected chi connectivity index (χ0v) is 11.3. The van der Waals surface area contributed by atoms with Crippen molar-refractivity contribution in [1.82, 2.24) is 4.90 Å². The molecule has 1 aliphatic rings. The molecule has 1 saturated heterocycles. The molecule has 2 rings (SSSR count). The lowest BCUT2D eigenvalue weighted by molar-refractivity contribution is 0.230. The lowest BCUT2D eigenvalue weighted by Gasteiger charge is -2.30. The van der Waals surface area contributed by atoms with Crippen LogP contribution in [0.3, 0.4) is 0 Å². The number of hydrogen-bond acceptors (Lipinski definition) is 2. The average molecular weight is 283 g/mol. The molecule has 1 aromatic rings. The van der Waals surface area contributed by atoms with Gasteiger partial charge in [0.05, 0.1) is 0 Å². The van der Waals surface area contributed by atoms with Crippen LogP contribution in [0.5, 0.6) is 0 Å². The van der Waals surface area contributed by atoms with Gasteiger partial charge in [0.15, 0.2) is 0 Å². The van der Waals surface area contributed by atoms with Crippen molar-refractivity contribution in [1.29, 1.82) is 0 Å². The summed E-state index contributed by atoms with van der Waals surface area (Å²) in [4.78, 5) is 2.39. The van der Waals surface area contributed by atoms with Crippen LogP contribution in [0.4, 0.5) is 0 Å². The summed E-state index contributed by atoms with van der Waals surface area (Å²) in [6, 6.07) is 9.18. The molecule has 0 spiro atoms. The van der Waals surface area contributed by atoms with Crippen molar-refractivity contribution in [2.24, 2.45) is 5.73 Å². The highest BCUT2D eigenvalue weighted by molar-refractivity contribution is 9.10. The Labute approximate surface area is 106 Å². The van der Waals surface area contributed by atoms with Crippen LogP contribution in [0.25, 0.3) is 0 Å². The van der Waals surface area contributed by atoms with Gasteiger partial charge in [-0.3, -0.25) is 4.90 Å². The zero-order valence-electron chi connectivity index (χ0n) is 9.70. The SMILES string of the molecule is CN1CCCCC(N)C1c1ccc(Br)cc1. The maximum Gasteiger partial charge on any atom is 0.0496 e. The van der Waals surface area contributed by atoms with E-state index in [1.54, 1.807) is 0 Å². The van der Waals surface area contributed by atoms with Crippen LogP contribution in [0.1, 0.15) is 30.9 Å². The summed E-state index contributed by atoms with van der Waals surface area (Å²) >= 11 is 3.47. The van der Waals surface area contributed by atoms with Crippen molar-refractivity contribution < 1.29 is 0 Å². The zero-order chi connectivity index (χ0) is 11.5. The fraction of sp³-hybridized carbons (Fsp3) is 0.538. The standard InChI is InChI=1S/C13H19BrN2/c1-16-9-3-2-4-12(15)13(16)10-5-7-11(14)8-6-10/h5-8,12-13H,2-4,9,15H2,1H3. The molecule has 3 heteroatoms. The van der Waals surface area contributed by atoms with E-state index >= 15 is 0 Å². The number of likely N-dealkylation sites (tertiary alicyclic amines) is 1. The molecule has 2 atom stereocenters. The summed E-state index contributed by atoms with van der Waals surface area (Å²) in [5.41, 5.74) is 7.62. The normalized spacial score (nSPS) is 27.7. The molecule has 1 fully saturated rings. The molecule has 1 heterocycles. The van der Waals surface area contributed by atoms with Gasteiger partial charge in [-0.1, -0.05) is 34.5 Å². The average Bonchev–Trinajstić information content (AvgIpc) is 2.42. The molecule has 0 aliphatic carbocycles. The summed E-state index contributed by atoms with van der Waals surface area (Å²) in [5.74, 6) is 0. The molecule has 0 aromatic heterocycles. The molecule has 1 aliphatic heterocycles. The number of benzene rings is 1. The van der Waals surface area contributed by atoms with Crippen LogP contribution in [-0.2, 0) is 0 Å². The highest BCUT2D eigenvalue weighted by Crippen LogP contribution is 2.28. The van der Waals surface area contributed by atoms with Gasteiger partial charge >= 0.3 is 0 Å². The van der Waals surface area contributed by atoms with Crippen LogP contribution < -0.4 is 5.73 Å². The lowest BCUT2D eigenvalue weighted by atomic mass is 9.97. The second-order valence-corrected chi connectivity index (χ2v) is 5.55. The molecule has 0 radical (unpaired) electrons. The van der Waals surface area contributed by atoms with E-state index in [1.165, 1.54) is 18.4 Å². The Morgan fingerprint density at radius 3 is 2.62 bits per heavy atom. The largest absolute Gasteiger partial charge is 0.326 e. The van der Waals surface area contributed by atoms with Crippen molar-refractivity contribution >= 4 is 15.9 Å². The minimum atomic E-state index is 0.258. The van der Waals surface area contributed by atoms with Crippen LogP contribution in [0.2, 0.25) is 0 Å². The Bertz CT molecular complexity index is 324. The number of likely N-dealkylation sites (N-methyl/N-ethyl adjacent to an activating group) is 1. The predicted molar refractivity (Wildman–Crippen MR) is 71.3 cm³/mol. The smallest absolute Gasteiger partial charge is 0.0496 e. The highest BCUT2D eigenvalue weighted by Gasteiger charge is 2.25. The molecule has 2 nitrogen and oxygen atoms in total. The van der Waals surface area contributed by atoms with E-state index in [4.69, 9.17) is 5.73 Å². The maximum atomic E-state index is 6.29. The quantitative estimate of drug-likeness (QED) is 0.858. The van der Waals surface area contributed by atoms with Crippen molar-refractivity contribution in [3.05, 3.63) is 34.3 Å². The number of halogens is 1. The maximum absolute atomic E-state index is 6.29. The Balaban J connectivity index is 2.24. The fourth-order valence-corrected chi connectivity index (χ4v) is 2.79. The molecule has 2 unspecified atom stereocenters. The van der Waals surface area contributed by atoms with Gasteiger partial charge in [-0.15, -0.1) is 0 Å². The molecule has 0 amide bonds. The first kappa shape index (κ1) is 12.1. The molecule has 16 heavy (non-hydrogen) atoms. The van der Waals surface area contributed by atoms with Crippen LogP contribution in [0, 0.1) is 0 Å². The van der Waals surface area contributed by atoms with Gasteiger partial charge in [-0.25, -0.2) is 0 Å². The number of nitrogens with two attached hydrogens (primary N) is 1. The van der Waals surface area contributed by atoms with Crippen molar-refractivity contribution in [2.45, 2.75) is 31.3 Å². The van der Waals surface area contributed by atoms with Gasteiger partial charge in [0.25, 0.3) is 0 Å². The summed E-state index contributed by atoms with van der Waals surface area (Å²) in [7, 11) is 2.18. The summed E-state index contributed by atoms with van der Waals surface area (Å²) in [5, 5.41) is 0. The van der Waals surface area contributed by atoms with Crippen LogP contribution in [-0.4, -0.2) is 24.5 Å². The highest BCUT2D eigenvalue weighted by atomic mass is 79.9. The molecule has 0 bridgehead atoms. The van der Waals surface area contributed by atoms with Gasteiger partial charge in [-0.2, -0.15) is 0 Å². The van der Waals surface area contributed by atoms with Gasteiger partial charge in [0, 0.05) is 16.6 Å². The van der Waals surface area contributed by atoms with E-state index in [-0.39, 0.29) is 6.04 Å². The van der Waals surface area contributed by atoms with Gasteiger partial charge in [0.2, 0.25) is 0 Å². The second-order valence-electron chi connectivity index (χ2n) is 4.64. The minimum Gasteiger partial charge on any atom is -0.326 e. The topological polar surface area (TPSA) is 29.3 Å². The molecule has 1 aromatic carbocycles. The second kappa shape index (κ2) is 5.30. The third-order valence-electron chi connectivity index (χ3n) is 3.39. The van der Waals surface area contributed by atoms with Crippen LogP contribution >= 0.6 is 15.9 Å². The van der Waals surface area contributed by atoms with Gasteiger partial charge < -0.3 is 5.73 Å². The Morgan fingerprint density at radius 1 is 1.25 bits per heavy atom. The number of hydrogen-bond donors (Lipinski definition) is 1. The first-order valence-corrected chi connectivity index (χ1v) is 6.69. The molecule has 2 N–H and O–H groups in total. The first-order chi connectivity index (χ1) is 7.68. The minimum absolute atomic E-state index is 0.258. The molecule has 0 saturated carbocycles. The van der Waals surface area contributed by atoms with E-state index < -0.39 is 0 Å². The van der Waals surface area contributed by atoms with E-state index in [2.05, 4.69) is 52.1 Å². The summed E-state index contributed by atoms with van der Waals surface area (Å²) in [6.07, 6.45) is 3.64. The Morgan fingerprint density at radius 2 is 1.94 bits per heavy atom. The van der Waals surface area contributed by atoms with Gasteiger partial charge in [-0.05, 0) is 44.1 Å². The van der Waals surface area contributed by atoms with Crippen molar-refractivity contribution in [2.75, 3.05) is 13.6 Å². The van der Waals surface area contributed by atoms with E-state index in [0.29, 0.717) is 6.04 Å². The van der Waals surface area contributed by atoms with E-state index in [9.17, 15) is 0 Å². The Kier molecular flexibility index (Phi) is 4.00. The van der Waals surface area contributed by atoms with Gasteiger partial charge in [0.1, 0.15) is 0 Å².